The van der Waals surface area contributed by atoms with Crippen LogP contribution in [-0.2, 0) is 19.1 Å². The lowest BCUT2D eigenvalue weighted by atomic mass is 9.98. The number of carbonyl (C=O) groups excluding carboxylic acids is 2. The van der Waals surface area contributed by atoms with Crippen LogP contribution in [0.15, 0.2) is 35.7 Å². The number of hydrogen-bond acceptors (Lipinski definition) is 9. The maximum atomic E-state index is 12.7. The van der Waals surface area contributed by atoms with Gasteiger partial charge in [-0.1, -0.05) is 17.4 Å². The van der Waals surface area contributed by atoms with Crippen molar-refractivity contribution in [3.63, 3.8) is 0 Å². The maximum absolute atomic E-state index is 12.7. The minimum Gasteiger partial charge on any atom is -0.497 e. The molecule has 0 aliphatic carbocycles. The molecule has 1 aromatic carbocycles. The van der Waals surface area contributed by atoms with Crippen molar-refractivity contribution >= 4 is 50.0 Å². The summed E-state index contributed by atoms with van der Waals surface area (Å²) in [6.07, 6.45) is 0. The van der Waals surface area contributed by atoms with Crippen LogP contribution >= 0.6 is 22.7 Å². The molecule has 3 rings (SSSR count). The molecular formula is C20H22N2O5S2. The van der Waals surface area contributed by atoms with Crippen LogP contribution in [0.1, 0.15) is 24.8 Å². The predicted octanol–water partition coefficient (Wildman–Crippen LogP) is 4.26. The smallest absolute Gasteiger partial charge is 0.322 e. The first kappa shape index (κ1) is 21.1. The number of fused-ring (bicyclic) bond motifs is 1. The highest BCUT2D eigenvalue weighted by Crippen LogP contribution is 2.36. The summed E-state index contributed by atoms with van der Waals surface area (Å²) in [4.78, 5) is 30.7. The molecule has 1 atom stereocenters. The lowest BCUT2D eigenvalue weighted by Crippen LogP contribution is -2.36. The highest BCUT2D eigenvalue weighted by molar-refractivity contribution is 7.22. The summed E-state index contributed by atoms with van der Waals surface area (Å²) in [5.74, 6) is -1.66. The molecule has 0 amide bonds. The van der Waals surface area contributed by atoms with Crippen molar-refractivity contribution in [2.45, 2.75) is 19.9 Å². The Labute approximate surface area is 176 Å². The minimum atomic E-state index is -1.14. The third kappa shape index (κ3) is 4.86. The first-order chi connectivity index (χ1) is 14.1. The summed E-state index contributed by atoms with van der Waals surface area (Å²) in [6, 6.07) is 8.67. The van der Waals surface area contributed by atoms with Gasteiger partial charge in [0.15, 0.2) is 11.0 Å². The zero-order valence-corrected chi connectivity index (χ0v) is 18.0. The van der Waals surface area contributed by atoms with E-state index in [2.05, 4.69) is 10.3 Å². The van der Waals surface area contributed by atoms with Crippen molar-refractivity contribution in [3.8, 4) is 5.75 Å². The van der Waals surface area contributed by atoms with E-state index in [0.717, 1.165) is 20.8 Å². The van der Waals surface area contributed by atoms with E-state index in [1.807, 2.05) is 35.7 Å². The number of thiophene rings is 1. The Kier molecular flexibility index (Phi) is 7.05. The van der Waals surface area contributed by atoms with Gasteiger partial charge in [0.1, 0.15) is 5.75 Å². The quantitative estimate of drug-likeness (QED) is 0.398. The van der Waals surface area contributed by atoms with Crippen LogP contribution < -0.4 is 10.1 Å². The number of nitrogens with one attached hydrogen (secondary N) is 1. The summed E-state index contributed by atoms with van der Waals surface area (Å²) < 4.78 is 16.5. The standard InChI is InChI=1S/C20H22N2O5S2/c1-4-26-18(23)16(19(24)27-5-2)17(14-7-6-10-28-14)22-20-21-13-9-8-12(25-3)11-15(13)29-20/h6-11,16-17H,4-5H2,1-3H3,(H,21,22). The molecule has 0 aliphatic rings. The molecule has 9 heteroatoms. The van der Waals surface area contributed by atoms with E-state index in [9.17, 15) is 9.59 Å². The third-order valence-corrected chi connectivity index (χ3v) is 6.04. The van der Waals surface area contributed by atoms with E-state index < -0.39 is 23.9 Å². The molecule has 1 N–H and O–H groups in total. The van der Waals surface area contributed by atoms with Crippen molar-refractivity contribution < 1.29 is 23.8 Å². The van der Waals surface area contributed by atoms with E-state index in [4.69, 9.17) is 14.2 Å². The molecule has 7 nitrogen and oxygen atoms in total. The number of benzene rings is 1. The topological polar surface area (TPSA) is 86.8 Å². The SMILES string of the molecule is CCOC(=O)C(C(=O)OCC)C(Nc1nc2ccc(OC)cc2s1)c1cccs1. The van der Waals surface area contributed by atoms with Crippen molar-refractivity contribution in [1.29, 1.82) is 0 Å². The number of methoxy groups -OCH3 is 1. The Morgan fingerprint density at radius 3 is 2.45 bits per heavy atom. The van der Waals surface area contributed by atoms with Gasteiger partial charge in [-0.05, 0) is 43.5 Å². The van der Waals surface area contributed by atoms with Crippen LogP contribution in [0.3, 0.4) is 0 Å². The van der Waals surface area contributed by atoms with Gasteiger partial charge in [-0.25, -0.2) is 4.98 Å². The molecule has 0 spiro atoms. The second-order valence-electron chi connectivity index (χ2n) is 5.97. The average molecular weight is 435 g/mol. The van der Waals surface area contributed by atoms with E-state index >= 15 is 0 Å². The van der Waals surface area contributed by atoms with E-state index in [0.29, 0.717) is 5.13 Å². The van der Waals surface area contributed by atoms with Gasteiger partial charge >= 0.3 is 11.9 Å². The van der Waals surface area contributed by atoms with E-state index in [1.54, 1.807) is 21.0 Å². The molecule has 0 fully saturated rings. The monoisotopic (exact) mass is 434 g/mol. The van der Waals surface area contributed by atoms with Crippen LogP contribution in [0, 0.1) is 5.92 Å². The summed E-state index contributed by atoms with van der Waals surface area (Å²) in [6.45, 7) is 3.75. The third-order valence-electron chi connectivity index (χ3n) is 4.14. The van der Waals surface area contributed by atoms with Crippen molar-refractivity contribution in [2.75, 3.05) is 25.6 Å². The molecule has 1 unspecified atom stereocenters. The Morgan fingerprint density at radius 2 is 1.86 bits per heavy atom. The number of ether oxygens (including phenoxy) is 3. The number of hydrogen-bond donors (Lipinski definition) is 1. The van der Waals surface area contributed by atoms with Gasteiger partial charge in [-0.15, -0.1) is 11.3 Å². The summed E-state index contributed by atoms with van der Waals surface area (Å²) >= 11 is 2.86. The van der Waals surface area contributed by atoms with Gasteiger partial charge in [0, 0.05) is 4.88 Å². The number of rotatable bonds is 9. The van der Waals surface area contributed by atoms with E-state index in [-0.39, 0.29) is 13.2 Å². The fourth-order valence-corrected chi connectivity index (χ4v) is 4.59. The number of esters is 2. The number of nitrogens with zero attached hydrogens (tertiary/aromatic N) is 1. The Bertz CT molecular complexity index is 953. The number of thiazole rings is 1. The van der Waals surface area contributed by atoms with Crippen molar-refractivity contribution in [1.82, 2.24) is 4.98 Å². The van der Waals surface area contributed by atoms with Gasteiger partial charge in [-0.2, -0.15) is 0 Å². The molecule has 0 bridgehead atoms. The van der Waals surface area contributed by atoms with Crippen LogP contribution in [-0.4, -0.2) is 37.2 Å². The Balaban J connectivity index is 1.97. The highest BCUT2D eigenvalue weighted by atomic mass is 32.1. The summed E-state index contributed by atoms with van der Waals surface area (Å²) in [5, 5.41) is 5.74. The Morgan fingerprint density at radius 1 is 1.14 bits per heavy atom. The fraction of sp³-hybridized carbons (Fsp3) is 0.350. The van der Waals surface area contributed by atoms with Crippen LogP contribution in [0.2, 0.25) is 0 Å². The van der Waals surface area contributed by atoms with E-state index in [1.165, 1.54) is 22.7 Å². The molecule has 3 aromatic rings. The van der Waals surface area contributed by atoms with Gasteiger partial charge < -0.3 is 19.5 Å². The zero-order chi connectivity index (χ0) is 20.8. The predicted molar refractivity (Wildman–Crippen MR) is 114 cm³/mol. The maximum Gasteiger partial charge on any atom is 0.322 e. The average Bonchev–Trinajstić information content (AvgIpc) is 3.36. The van der Waals surface area contributed by atoms with Gasteiger partial charge in [0.2, 0.25) is 0 Å². The first-order valence-corrected chi connectivity index (χ1v) is 10.8. The number of carbonyl (C=O) groups is 2. The molecule has 0 aliphatic heterocycles. The lowest BCUT2D eigenvalue weighted by Gasteiger charge is -2.24. The van der Waals surface area contributed by atoms with Crippen LogP contribution in [0.4, 0.5) is 5.13 Å². The summed E-state index contributed by atoms with van der Waals surface area (Å²) in [5.41, 5.74) is 0.798. The fourth-order valence-electron chi connectivity index (χ4n) is 2.85. The second-order valence-corrected chi connectivity index (χ2v) is 7.98. The normalized spacial score (nSPS) is 12.0. The second kappa shape index (κ2) is 9.71. The number of anilines is 1. The largest absolute Gasteiger partial charge is 0.497 e. The van der Waals surface area contributed by atoms with Gasteiger partial charge in [0.25, 0.3) is 0 Å². The Hall–Kier alpha value is -2.65. The van der Waals surface area contributed by atoms with Crippen molar-refractivity contribution in [3.05, 3.63) is 40.6 Å². The molecule has 2 heterocycles. The van der Waals surface area contributed by atoms with Crippen LogP contribution in [0.5, 0.6) is 5.75 Å². The van der Waals surface area contributed by atoms with Gasteiger partial charge in [0.05, 0.1) is 36.6 Å². The summed E-state index contributed by atoms with van der Waals surface area (Å²) in [7, 11) is 1.61. The highest BCUT2D eigenvalue weighted by Gasteiger charge is 2.39. The van der Waals surface area contributed by atoms with Crippen LogP contribution in [0.25, 0.3) is 10.2 Å². The zero-order valence-electron chi connectivity index (χ0n) is 16.3. The number of aromatic nitrogens is 1. The molecule has 0 saturated carbocycles. The molecule has 0 saturated heterocycles. The molecule has 29 heavy (non-hydrogen) atoms. The molecule has 154 valence electrons. The molecule has 0 radical (unpaired) electrons. The van der Waals surface area contributed by atoms with Gasteiger partial charge in [-0.3, -0.25) is 9.59 Å². The molecule has 2 aromatic heterocycles. The first-order valence-electron chi connectivity index (χ1n) is 9.15. The minimum absolute atomic E-state index is 0.173. The lowest BCUT2D eigenvalue weighted by molar-refractivity contribution is -0.162. The molecular weight excluding hydrogens is 412 g/mol. The van der Waals surface area contributed by atoms with Crippen molar-refractivity contribution in [2.24, 2.45) is 5.92 Å².